The van der Waals surface area contributed by atoms with Gasteiger partial charge in [0.15, 0.2) is 0 Å². The topological polar surface area (TPSA) is 28.2 Å². The van der Waals surface area contributed by atoms with Crippen LogP contribution in [0.1, 0.15) is 18.0 Å². The third-order valence-electron chi connectivity index (χ3n) is 3.12. The molecule has 1 aliphatic rings. The van der Waals surface area contributed by atoms with E-state index in [1.165, 1.54) is 5.56 Å². The molecule has 1 aliphatic heterocycles. The van der Waals surface area contributed by atoms with Crippen LogP contribution in [0.25, 0.3) is 0 Å². The molecular formula is C13H20Cl3N3. The first-order valence-corrected chi connectivity index (χ1v) is 6.36. The van der Waals surface area contributed by atoms with Gasteiger partial charge in [0.2, 0.25) is 0 Å². The van der Waals surface area contributed by atoms with E-state index in [2.05, 4.69) is 27.8 Å². The summed E-state index contributed by atoms with van der Waals surface area (Å²) in [7, 11) is 0. The smallest absolute Gasteiger partial charge is 0.129 e. The number of rotatable bonds is 4. The molecule has 6 heteroatoms. The molecule has 3 nitrogen and oxygen atoms in total. The van der Waals surface area contributed by atoms with Gasteiger partial charge in [0.1, 0.15) is 5.15 Å². The zero-order valence-corrected chi connectivity index (χ0v) is 13.1. The predicted molar refractivity (Wildman–Crippen MR) is 85.7 cm³/mol. The van der Waals surface area contributed by atoms with Gasteiger partial charge in [-0.2, -0.15) is 0 Å². The summed E-state index contributed by atoms with van der Waals surface area (Å²) in [6.45, 7) is 8.09. The lowest BCUT2D eigenvalue weighted by atomic mass is 10.0. The van der Waals surface area contributed by atoms with Gasteiger partial charge in [-0.05, 0) is 18.1 Å². The molecule has 0 aliphatic carbocycles. The van der Waals surface area contributed by atoms with E-state index in [0.29, 0.717) is 11.2 Å². The number of pyridine rings is 1. The summed E-state index contributed by atoms with van der Waals surface area (Å²) in [6, 6.07) is 4.29. The first-order chi connectivity index (χ1) is 8.31. The van der Waals surface area contributed by atoms with Crippen LogP contribution in [-0.4, -0.2) is 36.1 Å². The van der Waals surface area contributed by atoms with Crippen molar-refractivity contribution in [3.8, 4) is 0 Å². The zero-order chi connectivity index (χ0) is 12.1. The number of halogens is 3. The molecule has 108 valence electrons. The van der Waals surface area contributed by atoms with Crippen molar-refractivity contribution in [2.75, 3.05) is 26.2 Å². The highest BCUT2D eigenvalue weighted by molar-refractivity contribution is 6.29. The second kappa shape index (κ2) is 9.56. The van der Waals surface area contributed by atoms with Crippen LogP contribution in [0.3, 0.4) is 0 Å². The van der Waals surface area contributed by atoms with Crippen molar-refractivity contribution < 1.29 is 0 Å². The minimum atomic E-state index is 0. The summed E-state index contributed by atoms with van der Waals surface area (Å²) in [5, 5.41) is 3.92. The highest BCUT2D eigenvalue weighted by Crippen LogP contribution is 2.25. The Balaban J connectivity index is 0.00000162. The van der Waals surface area contributed by atoms with Gasteiger partial charge in [0.25, 0.3) is 0 Å². The van der Waals surface area contributed by atoms with Crippen molar-refractivity contribution >= 4 is 36.4 Å². The zero-order valence-electron chi connectivity index (χ0n) is 10.7. The highest BCUT2D eigenvalue weighted by Gasteiger charge is 2.21. The molecule has 0 radical (unpaired) electrons. The van der Waals surface area contributed by atoms with Gasteiger partial charge in [-0.1, -0.05) is 23.7 Å². The van der Waals surface area contributed by atoms with Crippen LogP contribution >= 0.6 is 36.4 Å². The van der Waals surface area contributed by atoms with E-state index in [1.807, 2.05) is 18.3 Å². The molecule has 1 fully saturated rings. The predicted octanol–water partition coefficient (Wildman–Crippen LogP) is 3.10. The van der Waals surface area contributed by atoms with Crippen molar-refractivity contribution in [3.05, 3.63) is 41.7 Å². The fourth-order valence-electron chi connectivity index (χ4n) is 2.23. The van der Waals surface area contributed by atoms with E-state index in [4.69, 9.17) is 11.6 Å². The molecule has 0 aromatic carbocycles. The van der Waals surface area contributed by atoms with Crippen LogP contribution in [0.4, 0.5) is 0 Å². The van der Waals surface area contributed by atoms with Gasteiger partial charge in [-0.15, -0.1) is 31.4 Å². The Labute approximate surface area is 132 Å². The van der Waals surface area contributed by atoms with Crippen LogP contribution < -0.4 is 5.32 Å². The number of hydrogen-bond donors (Lipinski definition) is 1. The van der Waals surface area contributed by atoms with Crippen molar-refractivity contribution in [1.82, 2.24) is 15.2 Å². The summed E-state index contributed by atoms with van der Waals surface area (Å²) in [5.74, 6) is 0. The summed E-state index contributed by atoms with van der Waals surface area (Å²) in [5.41, 5.74) is 1.22. The van der Waals surface area contributed by atoms with Gasteiger partial charge >= 0.3 is 0 Å². The first-order valence-electron chi connectivity index (χ1n) is 5.98. The third-order valence-corrected chi connectivity index (χ3v) is 3.34. The minimum Gasteiger partial charge on any atom is -0.314 e. The van der Waals surface area contributed by atoms with Crippen LogP contribution in [0, 0.1) is 0 Å². The average molecular weight is 325 g/mol. The number of nitrogens with zero attached hydrogens (tertiary/aromatic N) is 2. The Morgan fingerprint density at radius 3 is 2.58 bits per heavy atom. The van der Waals surface area contributed by atoms with E-state index in [9.17, 15) is 0 Å². The molecule has 0 amide bonds. The number of piperazine rings is 1. The van der Waals surface area contributed by atoms with Crippen LogP contribution in [0.5, 0.6) is 0 Å². The molecule has 1 N–H and O–H groups in total. The third kappa shape index (κ3) is 5.28. The minimum absolute atomic E-state index is 0. The fourth-order valence-corrected chi connectivity index (χ4v) is 2.34. The molecular weight excluding hydrogens is 305 g/mol. The largest absolute Gasteiger partial charge is 0.314 e. The van der Waals surface area contributed by atoms with Crippen molar-refractivity contribution in [2.45, 2.75) is 12.5 Å². The summed E-state index contributed by atoms with van der Waals surface area (Å²) in [4.78, 5) is 6.64. The first kappa shape index (κ1) is 18.7. The Kier molecular flexibility index (Phi) is 9.40. The molecule has 0 spiro atoms. The average Bonchev–Trinajstić information content (AvgIpc) is 2.38. The van der Waals surface area contributed by atoms with Crippen LogP contribution in [-0.2, 0) is 0 Å². The van der Waals surface area contributed by atoms with E-state index in [-0.39, 0.29) is 24.8 Å². The molecule has 2 rings (SSSR count). The van der Waals surface area contributed by atoms with Gasteiger partial charge in [0.05, 0.1) is 0 Å². The fraction of sp³-hybridized carbons (Fsp3) is 0.462. The van der Waals surface area contributed by atoms with Crippen LogP contribution in [0.15, 0.2) is 31.0 Å². The summed E-state index contributed by atoms with van der Waals surface area (Å²) >= 11 is 5.82. The van der Waals surface area contributed by atoms with E-state index in [1.54, 1.807) is 0 Å². The number of nitrogens with one attached hydrogen (secondary N) is 1. The molecule has 1 aromatic heterocycles. The number of hydrogen-bond acceptors (Lipinski definition) is 3. The Bertz CT molecular complexity index is 364. The highest BCUT2D eigenvalue weighted by atomic mass is 35.5. The summed E-state index contributed by atoms with van der Waals surface area (Å²) in [6.07, 6.45) is 4.79. The van der Waals surface area contributed by atoms with Crippen molar-refractivity contribution in [3.63, 3.8) is 0 Å². The van der Waals surface area contributed by atoms with Gasteiger partial charge < -0.3 is 5.32 Å². The maximum absolute atomic E-state index is 5.82. The van der Waals surface area contributed by atoms with Crippen molar-refractivity contribution in [1.29, 1.82) is 0 Å². The Morgan fingerprint density at radius 1 is 1.37 bits per heavy atom. The maximum Gasteiger partial charge on any atom is 0.129 e. The molecule has 0 saturated carbocycles. The SMILES string of the molecule is C=CC[C@H](c1ccc(Cl)nc1)N1CCNCC1.Cl.Cl. The Hall–Kier alpha value is -0.320. The van der Waals surface area contributed by atoms with Gasteiger partial charge in [0, 0.05) is 38.4 Å². The second-order valence-electron chi connectivity index (χ2n) is 4.24. The Morgan fingerprint density at radius 2 is 2.05 bits per heavy atom. The molecule has 19 heavy (non-hydrogen) atoms. The van der Waals surface area contributed by atoms with E-state index >= 15 is 0 Å². The van der Waals surface area contributed by atoms with E-state index < -0.39 is 0 Å². The lowest BCUT2D eigenvalue weighted by molar-refractivity contribution is 0.174. The lowest BCUT2D eigenvalue weighted by Crippen LogP contribution is -2.45. The monoisotopic (exact) mass is 323 g/mol. The molecule has 1 saturated heterocycles. The normalized spacial score (nSPS) is 16.9. The standard InChI is InChI=1S/C13H18ClN3.2ClH/c1-2-3-12(17-8-6-15-7-9-17)11-4-5-13(14)16-10-11;;/h2,4-5,10,12,15H,1,3,6-9H2;2*1H/t12-;;/m1../s1. The lowest BCUT2D eigenvalue weighted by Gasteiger charge is -2.34. The van der Waals surface area contributed by atoms with Gasteiger partial charge in [-0.25, -0.2) is 4.98 Å². The quantitative estimate of drug-likeness (QED) is 0.681. The molecule has 1 atom stereocenters. The second-order valence-corrected chi connectivity index (χ2v) is 4.63. The maximum atomic E-state index is 5.82. The summed E-state index contributed by atoms with van der Waals surface area (Å²) < 4.78 is 0. The van der Waals surface area contributed by atoms with Crippen LogP contribution in [0.2, 0.25) is 5.15 Å². The molecule has 0 unspecified atom stereocenters. The molecule has 2 heterocycles. The molecule has 0 bridgehead atoms. The number of aromatic nitrogens is 1. The van der Waals surface area contributed by atoms with E-state index in [0.717, 1.165) is 32.6 Å². The molecule has 1 aromatic rings. The van der Waals surface area contributed by atoms with Gasteiger partial charge in [-0.3, -0.25) is 4.90 Å². The van der Waals surface area contributed by atoms with Crippen molar-refractivity contribution in [2.24, 2.45) is 0 Å².